The number of benzene rings is 3. The van der Waals surface area contributed by atoms with E-state index in [1.54, 1.807) is 72.4 Å². The van der Waals surface area contributed by atoms with Gasteiger partial charge in [-0.1, -0.05) is 23.2 Å². The van der Waals surface area contributed by atoms with Crippen LogP contribution in [0, 0.1) is 0 Å². The monoisotopic (exact) mass is 733 g/mol. The van der Waals surface area contributed by atoms with Gasteiger partial charge in [-0.15, -0.1) is 10.2 Å². The highest BCUT2D eigenvalue weighted by Crippen LogP contribution is 2.29. The lowest BCUT2D eigenvalue weighted by atomic mass is 10.1. The van der Waals surface area contributed by atoms with Crippen LogP contribution in [0.25, 0.3) is 0 Å². The molecule has 0 aliphatic carbocycles. The van der Waals surface area contributed by atoms with Crippen molar-refractivity contribution >= 4 is 52.4 Å². The first-order valence-corrected chi connectivity index (χ1v) is 17.3. The number of carbonyl (C=O) groups is 2. The topological polar surface area (TPSA) is 125 Å². The molecule has 2 aliphatic heterocycles. The minimum atomic E-state index is -0.186. The maximum absolute atomic E-state index is 13.2. The Bertz CT molecular complexity index is 1860. The van der Waals surface area contributed by atoms with Crippen molar-refractivity contribution < 1.29 is 29.1 Å². The van der Waals surface area contributed by atoms with Crippen LogP contribution >= 0.6 is 23.2 Å². The SMILES string of the molecule is CN(CCC[NH+]1C=C[N+](C)=C1N=Nc1ccc(Cl)cc1O)C(=O)c1ccc(C(=O)N(C)CCC[NH+]2C=CN(C)C2N=Nc2ccc(Cl)cc2)cc1. The second-order valence-corrected chi connectivity index (χ2v) is 13.3. The molecule has 266 valence electrons. The van der Waals surface area contributed by atoms with Gasteiger partial charge in [0.05, 0.1) is 32.0 Å². The van der Waals surface area contributed by atoms with E-state index in [0.29, 0.717) is 58.9 Å². The highest BCUT2D eigenvalue weighted by Gasteiger charge is 2.31. The van der Waals surface area contributed by atoms with Crippen LogP contribution in [-0.4, -0.2) is 103 Å². The van der Waals surface area contributed by atoms with Crippen LogP contribution in [0.3, 0.4) is 0 Å². The molecule has 3 N–H and O–H groups in total. The molecule has 2 aliphatic rings. The molecule has 3 aromatic carbocycles. The molecule has 2 heterocycles. The Morgan fingerprint density at radius 1 is 0.843 bits per heavy atom. The van der Waals surface area contributed by atoms with E-state index < -0.39 is 0 Å². The molecule has 0 fully saturated rings. The molecule has 3 unspecified atom stereocenters. The fourth-order valence-electron chi connectivity index (χ4n) is 5.65. The van der Waals surface area contributed by atoms with Crippen molar-refractivity contribution in [2.24, 2.45) is 20.5 Å². The van der Waals surface area contributed by atoms with E-state index >= 15 is 0 Å². The summed E-state index contributed by atoms with van der Waals surface area (Å²) in [4.78, 5) is 33.8. The standard InChI is InChI=1S/C36H40Cl2N10O3/c1-43(17-5-19-47-23-21-45(3)35(47)41-39-30-14-11-28(37)12-15-30)33(50)26-7-9-27(10-8-26)34(51)44(2)18-6-20-48-24-22-46(4)36(48)42-40-31-16-13-29(38)25-32(31)49/h7-16,21-25,35H,5-6,17-20H2,1-4H3/p+3. The van der Waals surface area contributed by atoms with E-state index in [0.717, 1.165) is 28.5 Å². The van der Waals surface area contributed by atoms with Crippen molar-refractivity contribution in [2.75, 3.05) is 54.4 Å². The first-order valence-electron chi connectivity index (χ1n) is 16.6. The van der Waals surface area contributed by atoms with Gasteiger partial charge in [0.1, 0.15) is 29.5 Å². The van der Waals surface area contributed by atoms with Crippen LogP contribution in [0.2, 0.25) is 10.0 Å². The van der Waals surface area contributed by atoms with Crippen molar-refractivity contribution in [2.45, 2.75) is 19.1 Å². The lowest BCUT2D eigenvalue weighted by Crippen LogP contribution is -3.11. The van der Waals surface area contributed by atoms with Crippen molar-refractivity contribution in [1.82, 2.24) is 14.7 Å². The third kappa shape index (κ3) is 9.85. The molecule has 13 nitrogen and oxygen atoms in total. The number of phenolic OH excluding ortho intramolecular Hbond substituents is 1. The first kappa shape index (κ1) is 37.3. The van der Waals surface area contributed by atoms with Gasteiger partial charge in [-0.2, -0.15) is 9.48 Å². The highest BCUT2D eigenvalue weighted by molar-refractivity contribution is 6.31. The predicted molar refractivity (Wildman–Crippen MR) is 196 cm³/mol. The van der Waals surface area contributed by atoms with Crippen LogP contribution in [0.5, 0.6) is 5.75 Å². The Morgan fingerprint density at radius 2 is 1.45 bits per heavy atom. The van der Waals surface area contributed by atoms with Crippen LogP contribution in [0.1, 0.15) is 33.6 Å². The summed E-state index contributed by atoms with van der Waals surface area (Å²) in [6, 6.07) is 18.7. The normalized spacial score (nSPS) is 18.5. The van der Waals surface area contributed by atoms with E-state index in [4.69, 9.17) is 23.2 Å². The molecular weight excluding hydrogens is 691 g/mol. The van der Waals surface area contributed by atoms with Gasteiger partial charge >= 0.3 is 5.96 Å². The Kier molecular flexibility index (Phi) is 12.7. The van der Waals surface area contributed by atoms with E-state index in [1.165, 1.54) is 6.07 Å². The van der Waals surface area contributed by atoms with Crippen molar-refractivity contribution in [1.29, 1.82) is 0 Å². The van der Waals surface area contributed by atoms with Gasteiger partial charge < -0.3 is 19.8 Å². The molecule has 0 aromatic heterocycles. The zero-order chi connectivity index (χ0) is 36.5. The number of amides is 2. The summed E-state index contributed by atoms with van der Waals surface area (Å²) in [7, 11) is 7.39. The molecule has 0 saturated heterocycles. The molecule has 3 atom stereocenters. The number of nitrogens with one attached hydrogen (secondary N) is 2. The van der Waals surface area contributed by atoms with E-state index in [1.807, 2.05) is 54.3 Å². The summed E-state index contributed by atoms with van der Waals surface area (Å²) in [6.07, 6.45) is 9.21. The van der Waals surface area contributed by atoms with Crippen LogP contribution < -0.4 is 9.80 Å². The van der Waals surface area contributed by atoms with Gasteiger partial charge in [0.15, 0.2) is 5.69 Å². The van der Waals surface area contributed by atoms with Gasteiger partial charge in [-0.05, 0) is 65.8 Å². The van der Waals surface area contributed by atoms with Gasteiger partial charge in [0.2, 0.25) is 0 Å². The van der Waals surface area contributed by atoms with Crippen molar-refractivity contribution in [3.63, 3.8) is 0 Å². The molecule has 0 spiro atoms. The second kappa shape index (κ2) is 17.3. The average molecular weight is 735 g/mol. The number of aromatic hydroxyl groups is 1. The van der Waals surface area contributed by atoms with Crippen LogP contribution in [-0.2, 0) is 0 Å². The number of hydrogen-bond donors (Lipinski definition) is 3. The molecule has 51 heavy (non-hydrogen) atoms. The average Bonchev–Trinajstić information content (AvgIpc) is 3.66. The lowest BCUT2D eigenvalue weighted by molar-refractivity contribution is -0.877. The summed E-state index contributed by atoms with van der Waals surface area (Å²) in [6.45, 7) is 2.54. The maximum Gasteiger partial charge on any atom is 0.524 e. The smallest absolute Gasteiger partial charge is 0.505 e. The highest BCUT2D eigenvalue weighted by atomic mass is 35.5. The number of halogens is 2. The quantitative estimate of drug-likeness (QED) is 0.180. The molecular formula is C36H43Cl2N10O3+3. The molecule has 2 amide bonds. The Labute approximate surface area is 307 Å². The summed E-state index contributed by atoms with van der Waals surface area (Å²) in [5.41, 5.74) is 2.10. The Hall–Kier alpha value is -4.95. The fraction of sp³-hybridized carbons (Fsp3) is 0.306. The number of phenols is 1. The van der Waals surface area contributed by atoms with Crippen LogP contribution in [0.4, 0.5) is 11.4 Å². The number of guanidine groups is 1. The number of rotatable bonds is 13. The lowest BCUT2D eigenvalue weighted by Gasteiger charge is -2.22. The molecule has 5 rings (SSSR count). The van der Waals surface area contributed by atoms with Gasteiger partial charge in [0.25, 0.3) is 18.1 Å². The third-order valence-electron chi connectivity index (χ3n) is 8.63. The number of azo groups is 2. The predicted octanol–water partition coefficient (Wildman–Crippen LogP) is 4.14. The zero-order valence-corrected chi connectivity index (χ0v) is 30.6. The van der Waals surface area contributed by atoms with Crippen molar-refractivity contribution in [3.05, 3.63) is 113 Å². The zero-order valence-electron chi connectivity index (χ0n) is 29.1. The van der Waals surface area contributed by atoms with E-state index in [9.17, 15) is 14.7 Å². The first-order chi connectivity index (χ1) is 24.5. The summed E-state index contributed by atoms with van der Waals surface area (Å²) < 4.78 is 1.86. The third-order valence-corrected chi connectivity index (χ3v) is 9.12. The van der Waals surface area contributed by atoms with Gasteiger partial charge in [0, 0.05) is 74.3 Å². The van der Waals surface area contributed by atoms with Gasteiger partial charge in [-0.3, -0.25) is 14.5 Å². The molecule has 15 heteroatoms. The molecule has 0 saturated carbocycles. The minimum Gasteiger partial charge on any atom is -0.505 e. The Morgan fingerprint density at radius 3 is 2.08 bits per heavy atom. The second-order valence-electron chi connectivity index (χ2n) is 12.5. The van der Waals surface area contributed by atoms with E-state index in [-0.39, 0.29) is 23.9 Å². The number of nitrogens with zero attached hydrogens (tertiary/aromatic N) is 8. The molecule has 0 bridgehead atoms. The Balaban J connectivity index is 1.06. The molecule has 0 radical (unpaired) electrons. The number of quaternary nitrogens is 2. The number of hydrogen-bond acceptors (Lipinski definition) is 8. The number of carbonyl (C=O) groups excluding carboxylic acids is 2. The molecule has 3 aromatic rings. The maximum atomic E-state index is 13.2. The summed E-state index contributed by atoms with van der Waals surface area (Å²) >= 11 is 11.9. The minimum absolute atomic E-state index is 0.0449. The van der Waals surface area contributed by atoms with E-state index in [2.05, 4.69) is 26.7 Å². The largest absolute Gasteiger partial charge is 0.524 e. The van der Waals surface area contributed by atoms with Gasteiger partial charge in [-0.25, -0.2) is 0 Å². The summed E-state index contributed by atoms with van der Waals surface area (Å²) in [5, 5.41) is 28.6. The summed E-state index contributed by atoms with van der Waals surface area (Å²) in [5.74, 6) is 0.401. The van der Waals surface area contributed by atoms with Crippen LogP contribution in [0.15, 0.2) is 112 Å². The fourth-order valence-corrected chi connectivity index (χ4v) is 5.94. The van der Waals surface area contributed by atoms with Crippen molar-refractivity contribution in [3.8, 4) is 5.75 Å².